The monoisotopic (exact) mass is 414 g/mol. The lowest BCUT2D eigenvalue weighted by atomic mass is 10.2. The molecule has 1 aromatic carbocycles. The SMILES string of the molecule is CCCNC(=O)CSc1nnc(SCC(=O)Nc2ccc(C)c(F)c2)s1. The smallest absolute Gasteiger partial charge is 0.234 e. The van der Waals surface area contributed by atoms with Crippen molar-refractivity contribution >= 4 is 52.4 Å². The Hall–Kier alpha value is -1.65. The lowest BCUT2D eigenvalue weighted by Gasteiger charge is -2.05. The van der Waals surface area contributed by atoms with Crippen molar-refractivity contribution in [1.29, 1.82) is 0 Å². The summed E-state index contributed by atoms with van der Waals surface area (Å²) in [4.78, 5) is 23.5. The maximum absolute atomic E-state index is 13.5. The normalized spacial score (nSPS) is 10.6. The average molecular weight is 415 g/mol. The lowest BCUT2D eigenvalue weighted by molar-refractivity contribution is -0.118. The van der Waals surface area contributed by atoms with E-state index in [4.69, 9.17) is 0 Å². The number of benzene rings is 1. The van der Waals surface area contributed by atoms with Gasteiger partial charge in [0.25, 0.3) is 0 Å². The number of halogens is 1. The standard InChI is InChI=1S/C16H19FN4O2S3/c1-3-6-18-13(22)8-24-15-20-21-16(26-15)25-9-14(23)19-11-5-4-10(2)12(17)7-11/h4-5,7H,3,6,8-9H2,1-2H3,(H,18,22)(H,19,23). The Morgan fingerprint density at radius 1 is 1.15 bits per heavy atom. The molecule has 0 saturated heterocycles. The lowest BCUT2D eigenvalue weighted by Crippen LogP contribution is -2.25. The first-order valence-electron chi connectivity index (χ1n) is 7.89. The number of rotatable bonds is 9. The van der Waals surface area contributed by atoms with Gasteiger partial charge in [-0.05, 0) is 31.0 Å². The summed E-state index contributed by atoms with van der Waals surface area (Å²) >= 11 is 3.90. The highest BCUT2D eigenvalue weighted by Crippen LogP contribution is 2.28. The van der Waals surface area contributed by atoms with Gasteiger partial charge in [0, 0.05) is 12.2 Å². The third kappa shape index (κ3) is 6.93. The van der Waals surface area contributed by atoms with Crippen molar-refractivity contribution in [2.24, 2.45) is 0 Å². The van der Waals surface area contributed by atoms with Crippen molar-refractivity contribution in [3.8, 4) is 0 Å². The summed E-state index contributed by atoms with van der Waals surface area (Å²) in [6.45, 7) is 4.32. The van der Waals surface area contributed by atoms with Gasteiger partial charge in [0.05, 0.1) is 11.5 Å². The Morgan fingerprint density at radius 2 is 1.81 bits per heavy atom. The van der Waals surface area contributed by atoms with E-state index >= 15 is 0 Å². The molecular weight excluding hydrogens is 395 g/mol. The van der Waals surface area contributed by atoms with Gasteiger partial charge in [0.15, 0.2) is 8.68 Å². The molecule has 2 aromatic rings. The topological polar surface area (TPSA) is 84.0 Å². The number of thioether (sulfide) groups is 2. The van der Waals surface area contributed by atoms with E-state index in [1.807, 2.05) is 6.92 Å². The summed E-state index contributed by atoms with van der Waals surface area (Å²) < 4.78 is 14.8. The van der Waals surface area contributed by atoms with Crippen LogP contribution in [-0.2, 0) is 9.59 Å². The minimum Gasteiger partial charge on any atom is -0.355 e. The maximum Gasteiger partial charge on any atom is 0.234 e. The molecule has 0 fully saturated rings. The van der Waals surface area contributed by atoms with Crippen LogP contribution < -0.4 is 10.6 Å². The molecule has 10 heteroatoms. The number of carbonyl (C=O) groups is 2. The molecule has 2 N–H and O–H groups in total. The van der Waals surface area contributed by atoms with E-state index < -0.39 is 0 Å². The zero-order chi connectivity index (χ0) is 18.9. The summed E-state index contributed by atoms with van der Waals surface area (Å²) in [6.07, 6.45) is 0.896. The summed E-state index contributed by atoms with van der Waals surface area (Å²) in [5.41, 5.74) is 0.949. The van der Waals surface area contributed by atoms with Crippen LogP contribution in [0.5, 0.6) is 0 Å². The molecule has 26 heavy (non-hydrogen) atoms. The van der Waals surface area contributed by atoms with Crippen LogP contribution in [-0.4, -0.2) is 40.1 Å². The van der Waals surface area contributed by atoms with Gasteiger partial charge in [-0.3, -0.25) is 9.59 Å². The number of aromatic nitrogens is 2. The van der Waals surface area contributed by atoms with Gasteiger partial charge in [-0.15, -0.1) is 10.2 Å². The van der Waals surface area contributed by atoms with Crippen LogP contribution in [0, 0.1) is 12.7 Å². The highest BCUT2D eigenvalue weighted by atomic mass is 32.2. The molecule has 1 aromatic heterocycles. The second kappa shape index (κ2) is 10.5. The van der Waals surface area contributed by atoms with Crippen LogP contribution in [0.2, 0.25) is 0 Å². The minimum absolute atomic E-state index is 0.0361. The number of anilines is 1. The Morgan fingerprint density at radius 3 is 2.42 bits per heavy atom. The second-order valence-electron chi connectivity index (χ2n) is 5.27. The van der Waals surface area contributed by atoms with E-state index in [1.165, 1.54) is 40.9 Å². The Balaban J connectivity index is 1.75. The fraction of sp³-hybridized carbons (Fsp3) is 0.375. The number of hydrogen-bond acceptors (Lipinski definition) is 7. The first kappa shape index (κ1) is 20.7. The van der Waals surface area contributed by atoms with Crippen LogP contribution in [0.4, 0.5) is 10.1 Å². The van der Waals surface area contributed by atoms with Crippen molar-refractivity contribution in [3.63, 3.8) is 0 Å². The average Bonchev–Trinajstić information content (AvgIpc) is 3.07. The predicted molar refractivity (Wildman–Crippen MR) is 104 cm³/mol. The Kier molecular flexibility index (Phi) is 8.33. The molecule has 1 heterocycles. The van der Waals surface area contributed by atoms with Crippen LogP contribution in [0.1, 0.15) is 18.9 Å². The summed E-state index contributed by atoms with van der Waals surface area (Å²) in [6, 6.07) is 4.56. The molecule has 0 spiro atoms. The molecule has 0 aliphatic heterocycles. The molecule has 0 unspecified atom stereocenters. The number of amides is 2. The number of hydrogen-bond donors (Lipinski definition) is 2. The van der Waals surface area contributed by atoms with Crippen LogP contribution >= 0.6 is 34.9 Å². The molecule has 2 rings (SSSR count). The largest absolute Gasteiger partial charge is 0.355 e. The van der Waals surface area contributed by atoms with E-state index in [2.05, 4.69) is 20.8 Å². The van der Waals surface area contributed by atoms with Crippen molar-refractivity contribution in [1.82, 2.24) is 15.5 Å². The van der Waals surface area contributed by atoms with Gasteiger partial charge in [-0.25, -0.2) is 4.39 Å². The van der Waals surface area contributed by atoms with Gasteiger partial charge in [-0.2, -0.15) is 0 Å². The maximum atomic E-state index is 13.5. The quantitative estimate of drug-likeness (QED) is 0.613. The van der Waals surface area contributed by atoms with Gasteiger partial charge in [0.2, 0.25) is 11.8 Å². The van der Waals surface area contributed by atoms with Crippen LogP contribution in [0.15, 0.2) is 26.9 Å². The van der Waals surface area contributed by atoms with E-state index in [9.17, 15) is 14.0 Å². The van der Waals surface area contributed by atoms with E-state index in [-0.39, 0.29) is 23.4 Å². The van der Waals surface area contributed by atoms with E-state index in [1.54, 1.807) is 19.1 Å². The van der Waals surface area contributed by atoms with Gasteiger partial charge < -0.3 is 10.6 Å². The summed E-state index contributed by atoms with van der Waals surface area (Å²) in [7, 11) is 0. The fourth-order valence-electron chi connectivity index (χ4n) is 1.75. The zero-order valence-corrected chi connectivity index (χ0v) is 16.8. The molecule has 140 valence electrons. The van der Waals surface area contributed by atoms with E-state index in [0.717, 1.165) is 6.42 Å². The molecule has 0 saturated carbocycles. The van der Waals surface area contributed by atoms with Gasteiger partial charge >= 0.3 is 0 Å². The summed E-state index contributed by atoms with van der Waals surface area (Å²) in [5, 5.41) is 13.4. The summed E-state index contributed by atoms with van der Waals surface area (Å²) in [5.74, 6) is -0.207. The van der Waals surface area contributed by atoms with Crippen LogP contribution in [0.25, 0.3) is 0 Å². The second-order valence-corrected chi connectivity index (χ2v) is 8.70. The Bertz CT molecular complexity index is 770. The molecule has 0 aliphatic rings. The highest BCUT2D eigenvalue weighted by Gasteiger charge is 2.11. The number of aryl methyl sites for hydroxylation is 1. The molecule has 0 atom stereocenters. The highest BCUT2D eigenvalue weighted by molar-refractivity contribution is 8.03. The molecule has 0 radical (unpaired) electrons. The predicted octanol–water partition coefficient (Wildman–Crippen LogP) is 3.33. The van der Waals surface area contributed by atoms with Crippen molar-refractivity contribution in [2.45, 2.75) is 28.9 Å². The number of nitrogens with one attached hydrogen (secondary N) is 2. The molecule has 0 aliphatic carbocycles. The first-order chi connectivity index (χ1) is 12.5. The third-order valence-corrected chi connectivity index (χ3v) is 6.26. The zero-order valence-electron chi connectivity index (χ0n) is 14.4. The molecule has 2 amide bonds. The molecule has 6 nitrogen and oxygen atoms in total. The minimum atomic E-state index is -0.357. The Labute approximate surface area is 163 Å². The number of carbonyl (C=O) groups excluding carboxylic acids is 2. The van der Waals surface area contributed by atoms with Gasteiger partial charge in [-0.1, -0.05) is 47.9 Å². The number of nitrogens with zero attached hydrogens (tertiary/aromatic N) is 2. The van der Waals surface area contributed by atoms with Crippen LogP contribution in [0.3, 0.4) is 0 Å². The van der Waals surface area contributed by atoms with Crippen molar-refractivity contribution in [3.05, 3.63) is 29.6 Å². The fourth-order valence-corrected chi connectivity index (χ4v) is 4.40. The van der Waals surface area contributed by atoms with Gasteiger partial charge in [0.1, 0.15) is 5.82 Å². The van der Waals surface area contributed by atoms with Crippen molar-refractivity contribution in [2.75, 3.05) is 23.4 Å². The van der Waals surface area contributed by atoms with Crippen molar-refractivity contribution < 1.29 is 14.0 Å². The first-order valence-corrected chi connectivity index (χ1v) is 10.7. The molecule has 0 bridgehead atoms. The molecular formula is C16H19FN4O2S3. The third-order valence-electron chi connectivity index (χ3n) is 3.07. The van der Waals surface area contributed by atoms with E-state index in [0.29, 0.717) is 32.2 Å².